The van der Waals surface area contributed by atoms with Crippen LogP contribution < -0.4 is 11.2 Å². The van der Waals surface area contributed by atoms with E-state index in [1.165, 1.54) is 0 Å². The number of phosphoric ester groups is 1. The highest BCUT2D eigenvalue weighted by Gasteiger charge is 2.55. The van der Waals surface area contributed by atoms with Crippen molar-refractivity contribution in [2.45, 2.75) is 30.5 Å². The molecule has 0 aromatic carbocycles. The lowest BCUT2D eigenvalue weighted by molar-refractivity contribution is -0.0399. The van der Waals surface area contributed by atoms with Crippen LogP contribution in [0.5, 0.6) is 0 Å². The number of aromatic amines is 1. The number of hydrogen-bond acceptors (Lipinski definition) is 11. The molecule has 2 heterocycles. The number of H-pyrrole nitrogens is 1. The van der Waals surface area contributed by atoms with Gasteiger partial charge < -0.3 is 34.5 Å². The monoisotopic (exact) mass is 522 g/mol. The average molecular weight is 522 g/mol. The Kier molecular flexibility index (Phi) is 7.88. The molecule has 0 aliphatic carbocycles. The van der Waals surface area contributed by atoms with Gasteiger partial charge in [-0.2, -0.15) is 8.62 Å². The Morgan fingerprint density at radius 1 is 1.19 bits per heavy atom. The summed E-state index contributed by atoms with van der Waals surface area (Å²) in [6, 6.07) is 0.981. The normalized spacial score (nSPS) is 29.7. The number of aliphatic hydroxyl groups excluding tert-OH is 1. The number of rotatable bonds is 9. The Morgan fingerprint density at radius 2 is 1.81 bits per heavy atom. The molecule has 1 aromatic rings. The van der Waals surface area contributed by atoms with Gasteiger partial charge in [-0.3, -0.25) is 18.9 Å². The van der Waals surface area contributed by atoms with Gasteiger partial charge in [-0.25, -0.2) is 18.5 Å². The molecule has 1 fully saturated rings. The number of hydrogen-bond donors (Lipinski definition) is 7. The van der Waals surface area contributed by atoms with Gasteiger partial charge in [0.2, 0.25) is 0 Å². The maximum atomic E-state index is 11.8. The first kappa shape index (κ1) is 26.8. The van der Waals surface area contributed by atoms with E-state index in [0.29, 0.717) is 0 Å². The summed E-state index contributed by atoms with van der Waals surface area (Å²) in [6.45, 7) is -1.58. The Balaban J connectivity index is 2.12. The maximum absolute atomic E-state index is 11.8. The number of nitrogens with zero attached hydrogens (tertiary/aromatic N) is 1. The van der Waals surface area contributed by atoms with Crippen molar-refractivity contribution in [3.63, 3.8) is 0 Å². The van der Waals surface area contributed by atoms with Gasteiger partial charge in [0.25, 0.3) is 5.56 Å². The van der Waals surface area contributed by atoms with Gasteiger partial charge in [0.1, 0.15) is 18.3 Å². The molecule has 2 unspecified atom stereocenters. The quantitative estimate of drug-likeness (QED) is 0.129. The van der Waals surface area contributed by atoms with Gasteiger partial charge in [0, 0.05) is 12.3 Å². The summed E-state index contributed by atoms with van der Waals surface area (Å²) in [5, 5.41) is 20.8. The summed E-state index contributed by atoms with van der Waals surface area (Å²) in [5.41, 5.74) is -4.05. The van der Waals surface area contributed by atoms with Gasteiger partial charge in [0.15, 0.2) is 5.60 Å². The Hall–Kier alpha value is -1.47. The van der Waals surface area contributed by atoms with Crippen LogP contribution in [0.15, 0.2) is 21.9 Å². The second-order valence-electron chi connectivity index (χ2n) is 6.23. The van der Waals surface area contributed by atoms with Crippen molar-refractivity contribution in [2.24, 2.45) is 0 Å². The molecule has 1 saturated heterocycles. The van der Waals surface area contributed by atoms with Gasteiger partial charge in [0.05, 0.1) is 13.2 Å². The number of aromatic nitrogens is 2. The molecule has 1 aromatic heterocycles. The Bertz CT molecular complexity index is 1150. The molecule has 0 radical (unpaired) electrons. The lowest BCUT2D eigenvalue weighted by Gasteiger charge is -2.25. The molecule has 0 amide bonds. The fraction of sp³-hybridized carbons (Fsp3) is 0.500. The van der Waals surface area contributed by atoms with Crippen molar-refractivity contribution in [1.82, 2.24) is 9.55 Å². The van der Waals surface area contributed by atoms with E-state index < -0.39 is 71.8 Å². The van der Waals surface area contributed by atoms with Crippen molar-refractivity contribution in [3.8, 4) is 12.3 Å². The summed E-state index contributed by atoms with van der Waals surface area (Å²) in [5.74, 6) is 1.87. The van der Waals surface area contributed by atoms with Crippen molar-refractivity contribution in [3.05, 3.63) is 33.1 Å². The molecule has 17 nitrogen and oxygen atoms in total. The molecule has 0 saturated carbocycles. The van der Waals surface area contributed by atoms with Gasteiger partial charge in [-0.15, -0.1) is 6.42 Å². The maximum Gasteiger partial charge on any atom is 0.490 e. The number of nitrogens with one attached hydrogen (secondary N) is 1. The third kappa shape index (κ3) is 6.77. The zero-order valence-corrected chi connectivity index (χ0v) is 18.2. The predicted molar refractivity (Wildman–Crippen MR) is 99.6 cm³/mol. The number of terminal acetylenes is 1. The van der Waals surface area contributed by atoms with Crippen LogP contribution in [-0.4, -0.2) is 69.9 Å². The van der Waals surface area contributed by atoms with E-state index in [1.54, 1.807) is 0 Å². The lowest BCUT2D eigenvalue weighted by Crippen LogP contribution is -2.49. The molecule has 0 spiro atoms. The SMILES string of the molecule is C#C[C@@]1(O)[C@H](Cn2ccc(=O)[nH]c2=O)O[C@H](COP(=O)(O)OP(=O)(O)OP(=O)(O)O)[C@H]1O. The number of aliphatic hydroxyl groups is 2. The first-order chi connectivity index (χ1) is 14.5. The van der Waals surface area contributed by atoms with Crippen LogP contribution in [0.2, 0.25) is 0 Å². The fourth-order valence-electron chi connectivity index (χ4n) is 2.59. The zero-order valence-electron chi connectivity index (χ0n) is 15.5. The predicted octanol–water partition coefficient (Wildman–Crippen LogP) is -2.63. The fourth-order valence-corrected chi connectivity index (χ4v) is 5.62. The summed E-state index contributed by atoms with van der Waals surface area (Å²) >= 11 is 0. The lowest BCUT2D eigenvalue weighted by atomic mass is 9.91. The smallest absolute Gasteiger partial charge is 0.386 e. The molecule has 20 heteroatoms. The van der Waals surface area contributed by atoms with Crippen LogP contribution in [0.25, 0.3) is 0 Å². The van der Waals surface area contributed by atoms with Gasteiger partial charge in [-0.05, 0) is 0 Å². The molecule has 7 N–H and O–H groups in total. The van der Waals surface area contributed by atoms with E-state index in [2.05, 4.69) is 13.1 Å². The van der Waals surface area contributed by atoms with Crippen LogP contribution in [0, 0.1) is 12.3 Å². The molecular weight excluding hydrogens is 505 g/mol. The second-order valence-corrected chi connectivity index (χ2v) is 10.6. The molecule has 0 bridgehead atoms. The van der Waals surface area contributed by atoms with Crippen LogP contribution in [0.3, 0.4) is 0 Å². The minimum absolute atomic E-state index is 0.487. The van der Waals surface area contributed by atoms with E-state index >= 15 is 0 Å². The standard InChI is InChI=1S/C12H17N2O15P3/c1-2-12(18)8(5-14-4-3-9(15)13-11(14)17)27-7(10(12)16)6-26-31(22,23)29-32(24,25)28-30(19,20)21/h1,3-4,7-8,10,16,18H,5-6H2,(H,22,23)(H,24,25)(H,13,15,17)(H2,19,20,21)/t7-,8+,10-,12-/m1/s1. The summed E-state index contributed by atoms with van der Waals surface area (Å²) in [4.78, 5) is 60.4. The van der Waals surface area contributed by atoms with Crippen LogP contribution in [0.1, 0.15) is 0 Å². The molecular formula is C12H17N2O15P3. The second kappa shape index (κ2) is 9.41. The van der Waals surface area contributed by atoms with E-state index in [1.807, 2.05) is 10.9 Å². The van der Waals surface area contributed by atoms with Crippen molar-refractivity contribution in [1.29, 1.82) is 0 Å². The Morgan fingerprint density at radius 3 is 2.34 bits per heavy atom. The molecule has 32 heavy (non-hydrogen) atoms. The topological polar surface area (TPSA) is 264 Å². The summed E-state index contributed by atoms with van der Waals surface area (Å²) < 4.78 is 51.3. The van der Waals surface area contributed by atoms with E-state index in [4.69, 9.17) is 25.8 Å². The highest BCUT2D eigenvalue weighted by Crippen LogP contribution is 2.66. The summed E-state index contributed by atoms with van der Waals surface area (Å²) in [6.07, 6.45) is 1.17. The average Bonchev–Trinajstić information content (AvgIpc) is 2.84. The Labute approximate surface area is 177 Å². The third-order valence-electron chi connectivity index (χ3n) is 3.94. The van der Waals surface area contributed by atoms with Crippen molar-refractivity contribution in [2.75, 3.05) is 6.61 Å². The van der Waals surface area contributed by atoms with Crippen molar-refractivity contribution < 1.29 is 61.4 Å². The highest BCUT2D eigenvalue weighted by molar-refractivity contribution is 7.66. The molecule has 2 rings (SSSR count). The first-order valence-corrected chi connectivity index (χ1v) is 12.6. The van der Waals surface area contributed by atoms with Crippen LogP contribution in [0.4, 0.5) is 0 Å². The zero-order chi connectivity index (χ0) is 24.5. The van der Waals surface area contributed by atoms with Gasteiger partial charge in [-0.1, -0.05) is 5.92 Å². The third-order valence-corrected chi connectivity index (χ3v) is 7.74. The molecule has 180 valence electrons. The molecule has 1 aliphatic heterocycles. The minimum atomic E-state index is -5.76. The van der Waals surface area contributed by atoms with Crippen LogP contribution >= 0.6 is 23.5 Å². The van der Waals surface area contributed by atoms with E-state index in [9.17, 15) is 38.4 Å². The van der Waals surface area contributed by atoms with E-state index in [0.717, 1.165) is 16.8 Å². The highest BCUT2D eigenvalue weighted by atomic mass is 31.3. The minimum Gasteiger partial charge on any atom is -0.386 e. The molecule has 1 aliphatic rings. The van der Waals surface area contributed by atoms with Gasteiger partial charge >= 0.3 is 29.2 Å². The van der Waals surface area contributed by atoms with E-state index in [-0.39, 0.29) is 0 Å². The first-order valence-electron chi connectivity index (χ1n) is 8.10. The summed E-state index contributed by atoms with van der Waals surface area (Å²) in [7, 11) is -16.9. The largest absolute Gasteiger partial charge is 0.490 e. The van der Waals surface area contributed by atoms with Crippen LogP contribution in [-0.2, 0) is 38.1 Å². The number of ether oxygens (including phenoxy) is 1. The molecule has 6 atom stereocenters. The number of phosphoric acid groups is 3. The van der Waals surface area contributed by atoms with Crippen molar-refractivity contribution >= 4 is 23.5 Å².